The lowest BCUT2D eigenvalue weighted by Crippen LogP contribution is -2.32. The quantitative estimate of drug-likeness (QED) is 0.794. The van der Waals surface area contributed by atoms with Crippen molar-refractivity contribution in [3.63, 3.8) is 0 Å². The van der Waals surface area contributed by atoms with Gasteiger partial charge in [0.25, 0.3) is 5.91 Å². The predicted molar refractivity (Wildman–Crippen MR) is 97.0 cm³/mol. The number of rotatable bonds is 7. The maximum atomic E-state index is 12.0. The molecule has 1 aromatic carbocycles. The van der Waals surface area contributed by atoms with Gasteiger partial charge in [-0.1, -0.05) is 23.7 Å². The third-order valence-corrected chi connectivity index (χ3v) is 4.30. The summed E-state index contributed by atoms with van der Waals surface area (Å²) in [6.07, 6.45) is 3.01. The molecule has 7 heteroatoms. The van der Waals surface area contributed by atoms with Gasteiger partial charge in [-0.15, -0.1) is 10.2 Å². The molecule has 0 saturated carbocycles. The van der Waals surface area contributed by atoms with Gasteiger partial charge in [-0.3, -0.25) is 4.79 Å². The minimum atomic E-state index is -0.226. The summed E-state index contributed by atoms with van der Waals surface area (Å²) in [5.74, 6) is 0.417. The summed E-state index contributed by atoms with van der Waals surface area (Å²) in [5, 5.41) is 14.8. The van der Waals surface area contributed by atoms with Crippen LogP contribution in [-0.2, 0) is 11.2 Å². The van der Waals surface area contributed by atoms with Crippen LogP contribution in [0, 0.1) is 0 Å². The molecule has 1 aliphatic rings. The van der Waals surface area contributed by atoms with Crippen molar-refractivity contribution in [2.24, 2.45) is 0 Å². The molecule has 3 rings (SSSR count). The number of carbonyl (C=O) groups excluding carboxylic acids is 1. The van der Waals surface area contributed by atoms with Crippen LogP contribution in [0.25, 0.3) is 0 Å². The lowest BCUT2D eigenvalue weighted by Gasteiger charge is -2.10. The highest BCUT2D eigenvalue weighted by Crippen LogP contribution is 2.11. The van der Waals surface area contributed by atoms with Gasteiger partial charge in [0, 0.05) is 24.7 Å². The van der Waals surface area contributed by atoms with E-state index in [9.17, 15) is 4.79 Å². The Kier molecular flexibility index (Phi) is 6.19. The average molecular weight is 361 g/mol. The largest absolute Gasteiger partial charge is 0.376 e. The van der Waals surface area contributed by atoms with E-state index in [2.05, 4.69) is 20.8 Å². The van der Waals surface area contributed by atoms with Crippen LogP contribution in [0.4, 0.5) is 5.82 Å². The third kappa shape index (κ3) is 5.41. The van der Waals surface area contributed by atoms with Gasteiger partial charge in [0.2, 0.25) is 0 Å². The second-order valence-corrected chi connectivity index (χ2v) is 6.39. The van der Waals surface area contributed by atoms with Crippen molar-refractivity contribution < 1.29 is 9.53 Å². The number of hydrogen-bond donors (Lipinski definition) is 2. The Morgan fingerprint density at radius 3 is 2.72 bits per heavy atom. The number of halogens is 1. The number of nitrogens with zero attached hydrogens (tertiary/aromatic N) is 2. The molecule has 6 nitrogen and oxygen atoms in total. The monoisotopic (exact) mass is 360 g/mol. The summed E-state index contributed by atoms with van der Waals surface area (Å²) in [6.45, 7) is 2.01. The Morgan fingerprint density at radius 2 is 2.04 bits per heavy atom. The molecule has 132 valence electrons. The lowest BCUT2D eigenvalue weighted by molar-refractivity contribution is 0.0853. The van der Waals surface area contributed by atoms with Gasteiger partial charge in [-0.25, -0.2) is 0 Å². The maximum Gasteiger partial charge on any atom is 0.271 e. The van der Waals surface area contributed by atoms with Crippen molar-refractivity contribution >= 4 is 23.3 Å². The molecule has 1 aromatic heterocycles. The predicted octanol–water partition coefficient (Wildman–Crippen LogP) is 2.69. The van der Waals surface area contributed by atoms with Gasteiger partial charge in [-0.2, -0.15) is 0 Å². The van der Waals surface area contributed by atoms with Gasteiger partial charge in [0.05, 0.1) is 6.10 Å². The summed E-state index contributed by atoms with van der Waals surface area (Å²) in [4.78, 5) is 12.0. The number of ether oxygens (including phenoxy) is 1. The van der Waals surface area contributed by atoms with E-state index in [4.69, 9.17) is 16.3 Å². The highest BCUT2D eigenvalue weighted by molar-refractivity contribution is 6.30. The highest BCUT2D eigenvalue weighted by Gasteiger charge is 2.17. The first kappa shape index (κ1) is 17.6. The fourth-order valence-electron chi connectivity index (χ4n) is 2.64. The second-order valence-electron chi connectivity index (χ2n) is 5.95. The number of aromatic nitrogens is 2. The molecule has 0 radical (unpaired) electrons. The van der Waals surface area contributed by atoms with Crippen LogP contribution >= 0.6 is 11.6 Å². The maximum absolute atomic E-state index is 12.0. The van der Waals surface area contributed by atoms with E-state index in [1.54, 1.807) is 12.1 Å². The molecule has 2 heterocycles. The fourth-order valence-corrected chi connectivity index (χ4v) is 2.76. The number of carbonyl (C=O) groups is 1. The molecule has 1 aliphatic heterocycles. The van der Waals surface area contributed by atoms with E-state index in [1.807, 2.05) is 24.3 Å². The summed E-state index contributed by atoms with van der Waals surface area (Å²) in [6, 6.07) is 11.2. The molecule has 1 unspecified atom stereocenters. The number of amides is 1. The Labute approximate surface area is 151 Å². The van der Waals surface area contributed by atoms with E-state index in [1.165, 1.54) is 5.56 Å². The highest BCUT2D eigenvalue weighted by atomic mass is 35.5. The molecular weight excluding hydrogens is 340 g/mol. The van der Waals surface area contributed by atoms with Crippen LogP contribution in [0.3, 0.4) is 0 Å². The Balaban J connectivity index is 1.43. The Bertz CT molecular complexity index is 685. The number of benzene rings is 1. The van der Waals surface area contributed by atoms with E-state index in [0.29, 0.717) is 18.1 Å². The molecule has 1 fully saturated rings. The topological polar surface area (TPSA) is 76.1 Å². The normalized spacial score (nSPS) is 16.6. The average Bonchev–Trinajstić information content (AvgIpc) is 3.15. The van der Waals surface area contributed by atoms with Crippen LogP contribution in [0.2, 0.25) is 5.02 Å². The molecule has 0 spiro atoms. The molecule has 2 aromatic rings. The van der Waals surface area contributed by atoms with Crippen molar-refractivity contribution in [3.05, 3.63) is 52.7 Å². The Morgan fingerprint density at radius 1 is 1.20 bits per heavy atom. The molecule has 1 atom stereocenters. The zero-order valence-corrected chi connectivity index (χ0v) is 14.6. The standard InChI is InChI=1S/C18H21ClN4O2/c19-14-5-3-13(4-6-14)9-10-20-17-8-7-16(22-23-17)18(24)21-12-15-2-1-11-25-15/h3-8,15H,1-2,9-12H2,(H,20,23)(H,21,24). The van der Waals surface area contributed by atoms with Gasteiger partial charge in [0.15, 0.2) is 5.69 Å². The zero-order valence-electron chi connectivity index (χ0n) is 13.9. The minimum absolute atomic E-state index is 0.116. The lowest BCUT2D eigenvalue weighted by atomic mass is 10.1. The summed E-state index contributed by atoms with van der Waals surface area (Å²) in [7, 11) is 0. The van der Waals surface area contributed by atoms with E-state index in [0.717, 1.165) is 37.4 Å². The first-order chi connectivity index (χ1) is 12.2. The fraction of sp³-hybridized carbons (Fsp3) is 0.389. The SMILES string of the molecule is O=C(NCC1CCCO1)c1ccc(NCCc2ccc(Cl)cc2)nn1. The molecule has 1 amide bonds. The molecule has 0 bridgehead atoms. The summed E-state index contributed by atoms with van der Waals surface area (Å²) in [5.41, 5.74) is 1.50. The van der Waals surface area contributed by atoms with Gasteiger partial charge in [0.1, 0.15) is 5.82 Å². The van der Waals surface area contributed by atoms with Crippen LogP contribution < -0.4 is 10.6 Å². The first-order valence-corrected chi connectivity index (χ1v) is 8.80. The van der Waals surface area contributed by atoms with Gasteiger partial charge >= 0.3 is 0 Å². The molecule has 0 aliphatic carbocycles. The molecule has 2 N–H and O–H groups in total. The van der Waals surface area contributed by atoms with Crippen LogP contribution in [-0.4, -0.2) is 41.9 Å². The number of hydrogen-bond acceptors (Lipinski definition) is 5. The number of nitrogens with one attached hydrogen (secondary N) is 2. The van der Waals surface area contributed by atoms with Crippen molar-refractivity contribution in [1.29, 1.82) is 0 Å². The van der Waals surface area contributed by atoms with Crippen molar-refractivity contribution in [3.8, 4) is 0 Å². The van der Waals surface area contributed by atoms with Crippen LogP contribution in [0.15, 0.2) is 36.4 Å². The van der Waals surface area contributed by atoms with Gasteiger partial charge < -0.3 is 15.4 Å². The van der Waals surface area contributed by atoms with E-state index >= 15 is 0 Å². The summed E-state index contributed by atoms with van der Waals surface area (Å²) < 4.78 is 5.48. The van der Waals surface area contributed by atoms with Gasteiger partial charge in [-0.05, 0) is 49.1 Å². The zero-order chi connectivity index (χ0) is 17.5. The summed E-state index contributed by atoms with van der Waals surface area (Å²) >= 11 is 5.87. The number of anilines is 1. The minimum Gasteiger partial charge on any atom is -0.376 e. The molecular formula is C18H21ClN4O2. The van der Waals surface area contributed by atoms with Crippen molar-refractivity contribution in [1.82, 2.24) is 15.5 Å². The van der Waals surface area contributed by atoms with Crippen molar-refractivity contribution in [2.45, 2.75) is 25.4 Å². The van der Waals surface area contributed by atoms with E-state index < -0.39 is 0 Å². The first-order valence-electron chi connectivity index (χ1n) is 8.42. The molecule has 1 saturated heterocycles. The van der Waals surface area contributed by atoms with Crippen LogP contribution in [0.1, 0.15) is 28.9 Å². The van der Waals surface area contributed by atoms with E-state index in [-0.39, 0.29) is 12.0 Å². The van der Waals surface area contributed by atoms with Crippen molar-refractivity contribution in [2.75, 3.05) is 25.0 Å². The third-order valence-electron chi connectivity index (χ3n) is 4.04. The second kappa shape index (κ2) is 8.78. The molecule has 25 heavy (non-hydrogen) atoms. The Hall–Kier alpha value is -2.18. The smallest absolute Gasteiger partial charge is 0.271 e. The van der Waals surface area contributed by atoms with Crippen LogP contribution in [0.5, 0.6) is 0 Å².